The monoisotopic (exact) mass is 234 g/mol. The molecule has 1 atom stereocenters. The van der Waals surface area contributed by atoms with Crippen molar-refractivity contribution < 1.29 is 0 Å². The molecule has 17 heavy (non-hydrogen) atoms. The highest BCUT2D eigenvalue weighted by molar-refractivity contribution is 5.15. The highest BCUT2D eigenvalue weighted by atomic mass is 15.1. The zero-order chi connectivity index (χ0) is 12.1. The Morgan fingerprint density at radius 3 is 2.53 bits per heavy atom. The number of nitrogens with zero attached hydrogens (tertiary/aromatic N) is 2. The second-order valence-electron chi connectivity index (χ2n) is 4.77. The van der Waals surface area contributed by atoms with E-state index in [0.29, 0.717) is 5.92 Å². The average Bonchev–Trinajstić information content (AvgIpc) is 2.40. The first kappa shape index (κ1) is 12.5. The number of aromatic nitrogens is 1. The molecule has 0 amide bonds. The molecule has 1 unspecified atom stereocenters. The molecule has 1 aromatic rings. The van der Waals surface area contributed by atoms with Crippen LogP contribution >= 0.6 is 0 Å². The molecule has 4 nitrogen and oxygen atoms in total. The lowest BCUT2D eigenvalue weighted by atomic mass is 9.86. The van der Waals surface area contributed by atoms with Crippen LogP contribution in [0.2, 0.25) is 0 Å². The largest absolute Gasteiger partial charge is 0.329 e. The molecule has 0 aliphatic carbocycles. The molecule has 1 fully saturated rings. The van der Waals surface area contributed by atoms with E-state index in [9.17, 15) is 0 Å². The fourth-order valence-corrected chi connectivity index (χ4v) is 2.58. The second-order valence-corrected chi connectivity index (χ2v) is 4.77. The first-order chi connectivity index (χ1) is 8.31. The Balaban J connectivity index is 1.88. The van der Waals surface area contributed by atoms with Crippen molar-refractivity contribution in [3.63, 3.8) is 0 Å². The third-order valence-corrected chi connectivity index (χ3v) is 3.68. The number of piperidine rings is 1. The minimum absolute atomic E-state index is 0.151. The maximum absolute atomic E-state index is 6.32. The molecule has 0 spiro atoms. The zero-order valence-corrected chi connectivity index (χ0v) is 10.3. The first-order valence-electron chi connectivity index (χ1n) is 6.39. The van der Waals surface area contributed by atoms with Crippen molar-refractivity contribution in [2.75, 3.05) is 26.2 Å². The van der Waals surface area contributed by atoms with Gasteiger partial charge in [0.15, 0.2) is 0 Å². The van der Waals surface area contributed by atoms with Crippen molar-refractivity contribution in [1.29, 1.82) is 0 Å². The van der Waals surface area contributed by atoms with Gasteiger partial charge < -0.3 is 16.4 Å². The molecule has 1 aliphatic rings. The van der Waals surface area contributed by atoms with E-state index < -0.39 is 0 Å². The number of hydrogen-bond acceptors (Lipinski definition) is 4. The number of pyridine rings is 1. The summed E-state index contributed by atoms with van der Waals surface area (Å²) >= 11 is 0. The molecule has 1 aliphatic heterocycles. The fraction of sp³-hybridized carbons (Fsp3) is 0.615. The summed E-state index contributed by atoms with van der Waals surface area (Å²) in [6, 6.07) is 4.20. The normalized spacial score (nSPS) is 20.4. The Bertz CT molecular complexity index is 319. The third-order valence-electron chi connectivity index (χ3n) is 3.68. The maximum atomic E-state index is 6.32. The predicted molar refractivity (Wildman–Crippen MR) is 69.4 cm³/mol. The summed E-state index contributed by atoms with van der Waals surface area (Å²) in [5.41, 5.74) is 13.1. The summed E-state index contributed by atoms with van der Waals surface area (Å²) in [6.07, 6.45) is 5.98. The average molecular weight is 234 g/mol. The van der Waals surface area contributed by atoms with Crippen LogP contribution < -0.4 is 11.5 Å². The molecular formula is C13H22N4. The van der Waals surface area contributed by atoms with E-state index in [4.69, 9.17) is 11.5 Å². The molecular weight excluding hydrogens is 212 g/mol. The van der Waals surface area contributed by atoms with E-state index in [1.54, 1.807) is 0 Å². The molecule has 4 N–H and O–H groups in total. The van der Waals surface area contributed by atoms with Crippen LogP contribution in [-0.4, -0.2) is 36.1 Å². The number of hydrogen-bond donors (Lipinski definition) is 2. The van der Waals surface area contributed by atoms with Gasteiger partial charge >= 0.3 is 0 Å². The second kappa shape index (κ2) is 6.10. The van der Waals surface area contributed by atoms with Crippen molar-refractivity contribution in [3.8, 4) is 0 Å². The Hall–Kier alpha value is -0.970. The first-order valence-corrected chi connectivity index (χ1v) is 6.39. The molecule has 4 heteroatoms. The Morgan fingerprint density at radius 2 is 1.94 bits per heavy atom. The van der Waals surface area contributed by atoms with Crippen molar-refractivity contribution in [2.45, 2.75) is 18.9 Å². The van der Waals surface area contributed by atoms with E-state index in [2.05, 4.69) is 9.88 Å². The van der Waals surface area contributed by atoms with Gasteiger partial charge in [0.1, 0.15) is 0 Å². The van der Waals surface area contributed by atoms with Gasteiger partial charge in [-0.25, -0.2) is 0 Å². The van der Waals surface area contributed by atoms with E-state index in [1.807, 2.05) is 24.5 Å². The molecule has 0 saturated carbocycles. The van der Waals surface area contributed by atoms with Crippen LogP contribution in [0.3, 0.4) is 0 Å². The van der Waals surface area contributed by atoms with E-state index in [0.717, 1.165) is 26.2 Å². The summed E-state index contributed by atoms with van der Waals surface area (Å²) in [6.45, 7) is 4.01. The molecule has 1 saturated heterocycles. The zero-order valence-electron chi connectivity index (χ0n) is 10.3. The quantitative estimate of drug-likeness (QED) is 0.807. The molecule has 0 radical (unpaired) electrons. The van der Waals surface area contributed by atoms with Crippen LogP contribution in [0, 0.1) is 5.92 Å². The summed E-state index contributed by atoms with van der Waals surface area (Å²) in [5, 5.41) is 0. The predicted octanol–water partition coefficient (Wildman–Crippen LogP) is 0.752. The van der Waals surface area contributed by atoms with Crippen LogP contribution in [0.1, 0.15) is 24.4 Å². The number of likely N-dealkylation sites (tertiary alicyclic amines) is 1. The Morgan fingerprint density at radius 1 is 1.29 bits per heavy atom. The Labute approximate surface area is 103 Å². The molecule has 2 rings (SSSR count). The van der Waals surface area contributed by atoms with Gasteiger partial charge in [-0.05, 0) is 49.5 Å². The van der Waals surface area contributed by atoms with E-state index in [-0.39, 0.29) is 6.04 Å². The lowest BCUT2D eigenvalue weighted by molar-refractivity contribution is 0.173. The minimum Gasteiger partial charge on any atom is -0.329 e. The molecule has 94 valence electrons. The molecule has 2 heterocycles. The number of nitrogens with two attached hydrogens (primary N) is 2. The van der Waals surface area contributed by atoms with Gasteiger partial charge in [-0.3, -0.25) is 4.98 Å². The summed E-state index contributed by atoms with van der Waals surface area (Å²) in [7, 11) is 0. The summed E-state index contributed by atoms with van der Waals surface area (Å²) in [5.74, 6) is 0.589. The van der Waals surface area contributed by atoms with Gasteiger partial charge in [0.2, 0.25) is 0 Å². The lowest BCUT2D eigenvalue weighted by Gasteiger charge is -2.34. The third kappa shape index (κ3) is 3.25. The van der Waals surface area contributed by atoms with Gasteiger partial charge in [0.05, 0.1) is 0 Å². The van der Waals surface area contributed by atoms with Crippen LogP contribution in [0.25, 0.3) is 0 Å². The fourth-order valence-electron chi connectivity index (χ4n) is 2.58. The van der Waals surface area contributed by atoms with E-state index in [1.165, 1.54) is 18.4 Å². The SMILES string of the molecule is NCCN1CCC(C(N)c2ccncc2)CC1. The van der Waals surface area contributed by atoms with Crippen molar-refractivity contribution in [3.05, 3.63) is 30.1 Å². The van der Waals surface area contributed by atoms with Gasteiger partial charge in [-0.2, -0.15) is 0 Å². The van der Waals surface area contributed by atoms with Crippen LogP contribution in [0.4, 0.5) is 0 Å². The highest BCUT2D eigenvalue weighted by Crippen LogP contribution is 2.28. The van der Waals surface area contributed by atoms with Gasteiger partial charge in [-0.1, -0.05) is 0 Å². The summed E-state index contributed by atoms with van der Waals surface area (Å²) < 4.78 is 0. The lowest BCUT2D eigenvalue weighted by Crippen LogP contribution is -2.39. The van der Waals surface area contributed by atoms with Gasteiger partial charge in [0.25, 0.3) is 0 Å². The van der Waals surface area contributed by atoms with Crippen molar-refractivity contribution >= 4 is 0 Å². The highest BCUT2D eigenvalue weighted by Gasteiger charge is 2.24. The molecule has 1 aromatic heterocycles. The minimum atomic E-state index is 0.151. The maximum Gasteiger partial charge on any atom is 0.0325 e. The molecule has 0 bridgehead atoms. The van der Waals surface area contributed by atoms with E-state index >= 15 is 0 Å². The van der Waals surface area contributed by atoms with Gasteiger partial charge in [0, 0.05) is 31.5 Å². The van der Waals surface area contributed by atoms with Crippen LogP contribution in [-0.2, 0) is 0 Å². The van der Waals surface area contributed by atoms with Crippen molar-refractivity contribution in [2.24, 2.45) is 17.4 Å². The van der Waals surface area contributed by atoms with Gasteiger partial charge in [-0.15, -0.1) is 0 Å². The van der Waals surface area contributed by atoms with Crippen molar-refractivity contribution in [1.82, 2.24) is 9.88 Å². The van der Waals surface area contributed by atoms with Crippen LogP contribution in [0.15, 0.2) is 24.5 Å². The topological polar surface area (TPSA) is 68.2 Å². The van der Waals surface area contributed by atoms with Crippen LogP contribution in [0.5, 0.6) is 0 Å². The number of rotatable bonds is 4. The Kier molecular flexibility index (Phi) is 4.48. The smallest absolute Gasteiger partial charge is 0.0325 e. The standard InChI is InChI=1S/C13H22N4/c14-5-10-17-8-3-12(4-9-17)13(15)11-1-6-16-7-2-11/h1-2,6-7,12-13H,3-5,8-10,14-15H2. The molecule has 0 aromatic carbocycles. The summed E-state index contributed by atoms with van der Waals surface area (Å²) in [4.78, 5) is 6.46.